The van der Waals surface area contributed by atoms with Gasteiger partial charge in [-0.3, -0.25) is 10.00 Å². The summed E-state index contributed by atoms with van der Waals surface area (Å²) in [6, 6.07) is 1.61. The van der Waals surface area contributed by atoms with Crippen LogP contribution in [0.4, 0.5) is 10.6 Å². The van der Waals surface area contributed by atoms with Crippen LogP contribution in [0.25, 0.3) is 0 Å². The van der Waals surface area contributed by atoms with E-state index in [-0.39, 0.29) is 18.4 Å². The summed E-state index contributed by atoms with van der Waals surface area (Å²) >= 11 is 0. The lowest BCUT2D eigenvalue weighted by Gasteiger charge is -2.10. The molecule has 0 spiro atoms. The maximum Gasteiger partial charge on any atom is 0.320 e. The van der Waals surface area contributed by atoms with Gasteiger partial charge in [0.25, 0.3) is 0 Å². The number of nitriles is 1. The van der Waals surface area contributed by atoms with Gasteiger partial charge in [0, 0.05) is 18.8 Å². The van der Waals surface area contributed by atoms with Gasteiger partial charge < -0.3 is 10.4 Å². The second-order valence-electron chi connectivity index (χ2n) is 4.85. The molecule has 0 bridgehead atoms. The van der Waals surface area contributed by atoms with Gasteiger partial charge in [-0.25, -0.2) is 4.79 Å². The zero-order valence-electron chi connectivity index (χ0n) is 12.1. The molecule has 0 aromatic carbocycles. The van der Waals surface area contributed by atoms with Crippen molar-refractivity contribution in [2.24, 2.45) is 0 Å². The van der Waals surface area contributed by atoms with Crippen molar-refractivity contribution in [2.45, 2.75) is 45.8 Å². The topological polar surface area (TPSA) is 103 Å². The van der Waals surface area contributed by atoms with Crippen LogP contribution in [0.3, 0.4) is 0 Å². The number of anilines is 1. The standard InChI is InChI=1S/C13H21N5O2/c1-4-5-11(19)7-15-13(20)16-12-10(6-14)8-18(17-12)9(2)3/h8-9,11,19H,4-5,7H2,1-3H3,(H2,15,16,17,20). The first-order valence-corrected chi connectivity index (χ1v) is 6.70. The molecule has 2 amide bonds. The molecule has 1 aromatic heterocycles. The summed E-state index contributed by atoms with van der Waals surface area (Å²) in [7, 11) is 0. The van der Waals surface area contributed by atoms with Crippen molar-refractivity contribution >= 4 is 11.8 Å². The third kappa shape index (κ3) is 4.55. The van der Waals surface area contributed by atoms with E-state index in [4.69, 9.17) is 5.26 Å². The van der Waals surface area contributed by atoms with Gasteiger partial charge in [0.1, 0.15) is 11.6 Å². The van der Waals surface area contributed by atoms with Gasteiger partial charge in [-0.15, -0.1) is 0 Å². The van der Waals surface area contributed by atoms with Crippen LogP contribution < -0.4 is 10.6 Å². The van der Waals surface area contributed by atoms with E-state index in [1.165, 1.54) is 0 Å². The molecule has 0 radical (unpaired) electrons. The predicted octanol–water partition coefficient (Wildman–Crippen LogP) is 1.62. The van der Waals surface area contributed by atoms with Gasteiger partial charge in [-0.2, -0.15) is 10.4 Å². The minimum Gasteiger partial charge on any atom is -0.391 e. The maximum atomic E-state index is 11.7. The van der Waals surface area contributed by atoms with Gasteiger partial charge in [0.05, 0.1) is 6.10 Å². The SMILES string of the molecule is CCCC(O)CNC(=O)Nc1nn(C(C)C)cc1C#N. The molecule has 0 saturated carbocycles. The van der Waals surface area contributed by atoms with E-state index in [0.717, 1.165) is 6.42 Å². The van der Waals surface area contributed by atoms with Gasteiger partial charge in [-0.05, 0) is 20.3 Å². The summed E-state index contributed by atoms with van der Waals surface area (Å²) in [5, 5.41) is 27.7. The quantitative estimate of drug-likeness (QED) is 0.736. The highest BCUT2D eigenvalue weighted by molar-refractivity contribution is 5.89. The molecule has 20 heavy (non-hydrogen) atoms. The van der Waals surface area contributed by atoms with Crippen LogP contribution in [0.5, 0.6) is 0 Å². The molecule has 1 heterocycles. The number of nitrogens with one attached hydrogen (secondary N) is 2. The smallest absolute Gasteiger partial charge is 0.320 e. The Balaban J connectivity index is 2.60. The molecule has 1 unspecified atom stereocenters. The van der Waals surface area contributed by atoms with E-state index in [1.54, 1.807) is 10.9 Å². The third-order valence-corrected chi connectivity index (χ3v) is 2.73. The number of carbonyl (C=O) groups is 1. The highest BCUT2D eigenvalue weighted by Crippen LogP contribution is 2.14. The Hall–Kier alpha value is -2.07. The van der Waals surface area contributed by atoms with Crippen molar-refractivity contribution in [3.63, 3.8) is 0 Å². The Kier molecular flexibility index (Phi) is 6.00. The first kappa shape index (κ1) is 16.0. The number of hydrogen-bond donors (Lipinski definition) is 3. The zero-order valence-corrected chi connectivity index (χ0v) is 12.1. The monoisotopic (exact) mass is 279 g/mol. The lowest BCUT2D eigenvalue weighted by atomic mass is 10.2. The predicted molar refractivity (Wildman–Crippen MR) is 75.3 cm³/mol. The van der Waals surface area contributed by atoms with E-state index in [1.807, 2.05) is 26.8 Å². The molecule has 7 heteroatoms. The molecular formula is C13H21N5O2. The number of hydrogen-bond acceptors (Lipinski definition) is 4. The number of aliphatic hydroxyl groups excluding tert-OH is 1. The number of carbonyl (C=O) groups excluding carboxylic acids is 1. The first-order valence-electron chi connectivity index (χ1n) is 6.70. The van der Waals surface area contributed by atoms with Crippen LogP contribution >= 0.6 is 0 Å². The summed E-state index contributed by atoms with van der Waals surface area (Å²) < 4.78 is 1.61. The molecular weight excluding hydrogens is 258 g/mol. The van der Waals surface area contributed by atoms with E-state index in [2.05, 4.69) is 15.7 Å². The van der Waals surface area contributed by atoms with E-state index < -0.39 is 12.1 Å². The molecule has 1 rings (SSSR count). The molecule has 110 valence electrons. The lowest BCUT2D eigenvalue weighted by Crippen LogP contribution is -2.35. The van der Waals surface area contributed by atoms with Crippen LogP contribution in [0, 0.1) is 11.3 Å². The van der Waals surface area contributed by atoms with Crippen molar-refractivity contribution < 1.29 is 9.90 Å². The fourth-order valence-corrected chi connectivity index (χ4v) is 1.63. The number of aromatic nitrogens is 2. The minimum atomic E-state index is -0.561. The van der Waals surface area contributed by atoms with Crippen LogP contribution in [0.2, 0.25) is 0 Å². The minimum absolute atomic E-state index is 0.104. The van der Waals surface area contributed by atoms with Crippen LogP contribution in [-0.2, 0) is 0 Å². The number of rotatable bonds is 6. The largest absolute Gasteiger partial charge is 0.391 e. The Bertz CT molecular complexity index is 489. The van der Waals surface area contributed by atoms with E-state index >= 15 is 0 Å². The van der Waals surface area contributed by atoms with Gasteiger partial charge in [0.15, 0.2) is 5.82 Å². The molecule has 0 aliphatic heterocycles. The van der Waals surface area contributed by atoms with Crippen molar-refractivity contribution in [3.8, 4) is 6.07 Å². The molecule has 0 aliphatic carbocycles. The second kappa shape index (κ2) is 7.50. The van der Waals surface area contributed by atoms with Crippen molar-refractivity contribution in [3.05, 3.63) is 11.8 Å². The summed E-state index contributed by atoms with van der Waals surface area (Å²) in [6.45, 7) is 5.99. The van der Waals surface area contributed by atoms with E-state index in [9.17, 15) is 9.90 Å². The molecule has 0 fully saturated rings. The van der Waals surface area contributed by atoms with Crippen LogP contribution in [0.1, 0.15) is 45.2 Å². The second-order valence-corrected chi connectivity index (χ2v) is 4.85. The van der Waals surface area contributed by atoms with Gasteiger partial charge >= 0.3 is 6.03 Å². The Morgan fingerprint density at radius 2 is 2.30 bits per heavy atom. The zero-order chi connectivity index (χ0) is 15.1. The Morgan fingerprint density at radius 1 is 1.60 bits per heavy atom. The number of amides is 2. The van der Waals surface area contributed by atoms with E-state index in [0.29, 0.717) is 12.0 Å². The number of aliphatic hydroxyl groups is 1. The summed E-state index contributed by atoms with van der Waals surface area (Å²) in [4.78, 5) is 11.7. The Morgan fingerprint density at radius 3 is 2.85 bits per heavy atom. The molecule has 3 N–H and O–H groups in total. The average Bonchev–Trinajstić information content (AvgIpc) is 2.80. The number of urea groups is 1. The summed E-state index contributed by atoms with van der Waals surface area (Å²) in [5.74, 6) is 0.226. The third-order valence-electron chi connectivity index (χ3n) is 2.73. The normalized spacial score (nSPS) is 12.0. The lowest BCUT2D eigenvalue weighted by molar-refractivity contribution is 0.162. The van der Waals surface area contributed by atoms with Crippen molar-refractivity contribution in [2.75, 3.05) is 11.9 Å². The summed E-state index contributed by atoms with van der Waals surface area (Å²) in [5.41, 5.74) is 0.308. The highest BCUT2D eigenvalue weighted by Gasteiger charge is 2.13. The van der Waals surface area contributed by atoms with Crippen molar-refractivity contribution in [1.82, 2.24) is 15.1 Å². The molecule has 7 nitrogen and oxygen atoms in total. The van der Waals surface area contributed by atoms with Crippen molar-refractivity contribution in [1.29, 1.82) is 5.26 Å². The fourth-order valence-electron chi connectivity index (χ4n) is 1.63. The first-order chi connectivity index (χ1) is 9.47. The van der Waals surface area contributed by atoms with Gasteiger partial charge in [0.2, 0.25) is 0 Å². The Labute approximate surface area is 118 Å². The highest BCUT2D eigenvalue weighted by atomic mass is 16.3. The van der Waals surface area contributed by atoms with Crippen LogP contribution in [0.15, 0.2) is 6.20 Å². The molecule has 0 aliphatic rings. The average molecular weight is 279 g/mol. The molecule has 1 atom stereocenters. The fraction of sp³-hybridized carbons (Fsp3) is 0.615. The summed E-state index contributed by atoms with van der Waals surface area (Å²) in [6.07, 6.45) is 2.51. The molecule has 0 saturated heterocycles. The van der Waals surface area contributed by atoms with Crippen LogP contribution in [-0.4, -0.2) is 33.6 Å². The van der Waals surface area contributed by atoms with Gasteiger partial charge in [-0.1, -0.05) is 13.3 Å². The number of nitrogens with zero attached hydrogens (tertiary/aromatic N) is 3. The molecule has 1 aromatic rings. The maximum absolute atomic E-state index is 11.7.